The Labute approximate surface area is 238 Å². The zero-order chi connectivity index (χ0) is 29.5. The number of hydrogen-bond acceptors (Lipinski definition) is 6. The number of ether oxygens (including phenoxy) is 1. The number of nitro benzene ring substituents is 1. The van der Waals surface area contributed by atoms with E-state index in [-0.39, 0.29) is 22.7 Å². The topological polar surface area (TPSA) is 117 Å². The van der Waals surface area contributed by atoms with E-state index in [0.29, 0.717) is 43.0 Å². The summed E-state index contributed by atoms with van der Waals surface area (Å²) >= 11 is 0. The zero-order valence-electron chi connectivity index (χ0n) is 23.4. The predicted molar refractivity (Wildman–Crippen MR) is 158 cm³/mol. The summed E-state index contributed by atoms with van der Waals surface area (Å²) < 4.78 is 36.2. The van der Waals surface area contributed by atoms with Gasteiger partial charge in [-0.25, -0.2) is 9.06 Å². The number of morpholine rings is 1. The van der Waals surface area contributed by atoms with Crippen LogP contribution in [0.25, 0.3) is 0 Å². The Morgan fingerprint density at radius 1 is 1.10 bits per heavy atom. The fourth-order valence-corrected chi connectivity index (χ4v) is 7.94. The van der Waals surface area contributed by atoms with Gasteiger partial charge in [0.1, 0.15) is 5.82 Å². The maximum absolute atomic E-state index is 15.3. The number of anilines is 3. The molecular formula is C29H33FN5O5P. The summed E-state index contributed by atoms with van der Waals surface area (Å²) in [5.41, 5.74) is 2.57. The highest BCUT2D eigenvalue weighted by Crippen LogP contribution is 2.54. The van der Waals surface area contributed by atoms with Crippen LogP contribution in [0.5, 0.6) is 0 Å². The van der Waals surface area contributed by atoms with Crippen LogP contribution in [0, 0.1) is 15.9 Å². The number of benzene rings is 3. The first-order valence-corrected chi connectivity index (χ1v) is 15.0. The van der Waals surface area contributed by atoms with Gasteiger partial charge in [0, 0.05) is 60.7 Å². The van der Waals surface area contributed by atoms with Crippen LogP contribution in [0.15, 0.2) is 60.7 Å². The molecule has 3 aromatic carbocycles. The molecule has 2 N–H and O–H groups in total. The van der Waals surface area contributed by atoms with Gasteiger partial charge >= 0.3 is 0 Å². The molecule has 5 rings (SSSR count). The second-order valence-corrected chi connectivity index (χ2v) is 13.3. The fraction of sp³-hybridized carbons (Fsp3) is 0.345. The fourth-order valence-electron chi connectivity index (χ4n) is 5.40. The van der Waals surface area contributed by atoms with Crippen LogP contribution >= 0.6 is 7.44 Å². The van der Waals surface area contributed by atoms with E-state index in [1.54, 1.807) is 0 Å². The quantitative estimate of drug-likeness (QED) is 0.218. The van der Waals surface area contributed by atoms with Crippen LogP contribution in [0.3, 0.4) is 0 Å². The third-order valence-electron chi connectivity index (χ3n) is 8.24. The van der Waals surface area contributed by atoms with Crippen molar-refractivity contribution in [1.82, 2.24) is 4.67 Å². The summed E-state index contributed by atoms with van der Waals surface area (Å²) in [4.78, 5) is 26.2. The molecule has 1 amide bonds. The van der Waals surface area contributed by atoms with Gasteiger partial charge in [-0.1, -0.05) is 13.8 Å². The zero-order valence-corrected chi connectivity index (χ0v) is 24.3. The van der Waals surface area contributed by atoms with Gasteiger partial charge in [-0.2, -0.15) is 0 Å². The average molecular weight is 582 g/mol. The van der Waals surface area contributed by atoms with Crippen LogP contribution in [-0.2, 0) is 14.7 Å². The standard InChI is InChI=1S/C29H33FN5O5P/c1-19-29(2,3)24-17-27(25(18-26(24)33(19)4)31-28(36)20-5-7-21(30)8-6-20)41(39,34-13-15-40-16-14-34)32-22-9-11-23(12-10-22)35(37)38/h5-12,17-19H,13-16H2,1-4H3,(H,31,36)(H,32,39)/t19-,41-/m1/s1. The largest absolute Gasteiger partial charge is 0.379 e. The Morgan fingerprint density at radius 2 is 1.73 bits per heavy atom. The molecule has 0 radical (unpaired) electrons. The number of likely N-dealkylation sites (N-methyl/N-ethyl adjacent to an activating group) is 1. The highest BCUT2D eigenvalue weighted by Gasteiger charge is 2.44. The molecule has 216 valence electrons. The minimum Gasteiger partial charge on any atom is -0.379 e. The number of amides is 1. The van der Waals surface area contributed by atoms with Gasteiger partial charge in [-0.15, -0.1) is 0 Å². The van der Waals surface area contributed by atoms with E-state index in [1.165, 1.54) is 48.5 Å². The summed E-state index contributed by atoms with van der Waals surface area (Å²) in [6.45, 7) is 7.87. The first-order chi connectivity index (χ1) is 19.4. The van der Waals surface area contributed by atoms with E-state index in [4.69, 9.17) is 4.74 Å². The molecule has 0 aromatic heterocycles. The van der Waals surface area contributed by atoms with Crippen molar-refractivity contribution < 1.29 is 23.4 Å². The lowest BCUT2D eigenvalue weighted by atomic mass is 9.81. The monoisotopic (exact) mass is 581 g/mol. The molecule has 2 heterocycles. The van der Waals surface area contributed by atoms with Gasteiger partial charge in [0.15, 0.2) is 0 Å². The molecule has 0 unspecified atom stereocenters. The SMILES string of the molecule is C[C@H]1N(C)c2cc(NC(=O)c3ccc(F)cc3)c([P@@](=O)(Nc3ccc([N+](=O)[O-])cc3)N3CCOCC3)cc2C1(C)C. The summed E-state index contributed by atoms with van der Waals surface area (Å²) in [7, 11) is -1.70. The van der Waals surface area contributed by atoms with Gasteiger partial charge < -0.3 is 20.0 Å². The Balaban J connectivity index is 1.67. The Bertz CT molecular complexity index is 1520. The Hall–Kier alpha value is -3.79. The lowest BCUT2D eigenvalue weighted by molar-refractivity contribution is -0.384. The van der Waals surface area contributed by atoms with E-state index in [2.05, 4.69) is 36.1 Å². The van der Waals surface area contributed by atoms with Crippen LogP contribution in [0.1, 0.15) is 36.7 Å². The number of nitro groups is 1. The molecule has 2 atom stereocenters. The number of fused-ring (bicyclic) bond motifs is 1. The van der Waals surface area contributed by atoms with E-state index in [9.17, 15) is 19.3 Å². The van der Waals surface area contributed by atoms with Gasteiger partial charge in [0.25, 0.3) is 19.0 Å². The van der Waals surface area contributed by atoms with Crippen molar-refractivity contribution in [3.05, 3.63) is 87.7 Å². The molecule has 12 heteroatoms. The summed E-state index contributed by atoms with van der Waals surface area (Å²) in [6.07, 6.45) is 0. The van der Waals surface area contributed by atoms with Gasteiger partial charge in [0.2, 0.25) is 0 Å². The second-order valence-electron chi connectivity index (χ2n) is 10.9. The van der Waals surface area contributed by atoms with Crippen LogP contribution < -0.4 is 20.6 Å². The molecule has 1 fully saturated rings. The van der Waals surface area contributed by atoms with E-state index in [0.717, 1.165) is 11.3 Å². The van der Waals surface area contributed by atoms with E-state index >= 15 is 4.57 Å². The molecule has 0 spiro atoms. The molecule has 2 aliphatic heterocycles. The summed E-state index contributed by atoms with van der Waals surface area (Å²) in [6, 6.07) is 14.8. The second kappa shape index (κ2) is 10.9. The van der Waals surface area contributed by atoms with E-state index < -0.39 is 24.1 Å². The number of rotatable bonds is 7. The molecular weight excluding hydrogens is 548 g/mol. The molecule has 0 saturated carbocycles. The van der Waals surface area contributed by atoms with Crippen molar-refractivity contribution in [3.63, 3.8) is 0 Å². The first-order valence-electron chi connectivity index (χ1n) is 13.4. The third kappa shape index (κ3) is 5.32. The number of nitrogens with zero attached hydrogens (tertiary/aromatic N) is 3. The number of hydrogen-bond donors (Lipinski definition) is 2. The van der Waals surface area contributed by atoms with Gasteiger partial charge in [-0.05, 0) is 61.0 Å². The molecule has 41 heavy (non-hydrogen) atoms. The van der Waals surface area contributed by atoms with Crippen molar-refractivity contribution in [2.45, 2.75) is 32.2 Å². The lowest BCUT2D eigenvalue weighted by Gasteiger charge is -2.36. The molecule has 0 bridgehead atoms. The molecule has 2 aliphatic rings. The summed E-state index contributed by atoms with van der Waals surface area (Å²) in [5.74, 6) is -0.926. The molecule has 1 saturated heterocycles. The number of carbonyl (C=O) groups excluding carboxylic acids is 1. The van der Waals surface area contributed by atoms with Crippen molar-refractivity contribution in [2.24, 2.45) is 0 Å². The number of nitrogens with one attached hydrogen (secondary N) is 2. The number of non-ortho nitro benzene ring substituents is 1. The highest BCUT2D eigenvalue weighted by atomic mass is 31.2. The van der Waals surface area contributed by atoms with Crippen LogP contribution in [0.4, 0.5) is 27.1 Å². The lowest BCUT2D eigenvalue weighted by Crippen LogP contribution is -2.40. The highest BCUT2D eigenvalue weighted by molar-refractivity contribution is 7.71. The van der Waals surface area contributed by atoms with Crippen molar-refractivity contribution >= 4 is 41.4 Å². The Morgan fingerprint density at radius 3 is 2.34 bits per heavy atom. The van der Waals surface area contributed by atoms with Crippen molar-refractivity contribution in [1.29, 1.82) is 0 Å². The number of halogens is 1. The third-order valence-corrected chi connectivity index (χ3v) is 11.0. The minimum absolute atomic E-state index is 0.0830. The Kier molecular flexibility index (Phi) is 7.63. The first kappa shape index (κ1) is 28.7. The normalized spacial score (nSPS) is 19.7. The van der Waals surface area contributed by atoms with Crippen molar-refractivity contribution in [3.8, 4) is 0 Å². The molecule has 3 aromatic rings. The summed E-state index contributed by atoms with van der Waals surface area (Å²) in [5, 5.41) is 17.8. The maximum atomic E-state index is 15.3. The maximum Gasteiger partial charge on any atom is 0.269 e. The van der Waals surface area contributed by atoms with Crippen LogP contribution in [0.2, 0.25) is 0 Å². The van der Waals surface area contributed by atoms with Crippen molar-refractivity contribution in [2.75, 3.05) is 48.7 Å². The smallest absolute Gasteiger partial charge is 0.269 e. The van der Waals surface area contributed by atoms with Gasteiger partial charge in [-0.3, -0.25) is 19.5 Å². The molecule has 10 nitrogen and oxygen atoms in total. The number of carbonyl (C=O) groups is 1. The minimum atomic E-state index is -3.69. The molecule has 0 aliphatic carbocycles. The average Bonchev–Trinajstić information content (AvgIpc) is 3.12. The predicted octanol–water partition coefficient (Wildman–Crippen LogP) is 5.36. The van der Waals surface area contributed by atoms with Gasteiger partial charge in [0.05, 0.1) is 29.1 Å². The van der Waals surface area contributed by atoms with Crippen LogP contribution in [-0.4, -0.2) is 54.9 Å². The van der Waals surface area contributed by atoms with E-state index in [1.807, 2.05) is 23.9 Å².